The lowest BCUT2D eigenvalue weighted by Crippen LogP contribution is -2.51. The molecule has 0 heterocycles. The molecule has 0 spiro atoms. The van der Waals surface area contributed by atoms with Crippen LogP contribution in [0, 0.1) is 0 Å². The highest BCUT2D eigenvalue weighted by Gasteiger charge is 2.17. The molecule has 1 atom stereocenters. The second-order valence-corrected chi connectivity index (χ2v) is 5.37. The van der Waals surface area contributed by atoms with E-state index in [0.717, 1.165) is 12.8 Å². The Hall–Kier alpha value is -0.880. The summed E-state index contributed by atoms with van der Waals surface area (Å²) in [5.74, 6) is -0.0650. The molecule has 3 N–H and O–H groups in total. The molecular weight excluding hydrogens is 262 g/mol. The zero-order valence-corrected chi connectivity index (χ0v) is 12.6. The molecule has 1 amide bonds. The molecule has 1 aliphatic carbocycles. The number of thiocarbonyl (C=S) groups is 1. The Morgan fingerprint density at radius 1 is 1.37 bits per heavy atom. The summed E-state index contributed by atoms with van der Waals surface area (Å²) >= 11 is 5.24. The minimum Gasteiger partial charge on any atom is -0.383 e. The molecule has 0 bridgehead atoms. The van der Waals surface area contributed by atoms with Gasteiger partial charge in [-0.25, -0.2) is 0 Å². The van der Waals surface area contributed by atoms with Crippen molar-refractivity contribution in [2.24, 2.45) is 0 Å². The van der Waals surface area contributed by atoms with Crippen molar-refractivity contribution in [1.82, 2.24) is 16.0 Å². The monoisotopic (exact) mass is 287 g/mol. The largest absolute Gasteiger partial charge is 0.383 e. The van der Waals surface area contributed by atoms with Crippen molar-refractivity contribution in [3.8, 4) is 0 Å². The van der Waals surface area contributed by atoms with E-state index in [1.165, 1.54) is 19.3 Å². The lowest BCUT2D eigenvalue weighted by Gasteiger charge is -2.25. The first-order chi connectivity index (χ1) is 9.13. The van der Waals surface area contributed by atoms with Crippen molar-refractivity contribution in [3.05, 3.63) is 0 Å². The van der Waals surface area contributed by atoms with Gasteiger partial charge in [0.1, 0.15) is 6.04 Å². The minimum atomic E-state index is -0.333. The van der Waals surface area contributed by atoms with Gasteiger partial charge in [0.2, 0.25) is 5.91 Å². The molecule has 1 unspecified atom stereocenters. The highest BCUT2D eigenvalue weighted by molar-refractivity contribution is 7.80. The third-order valence-electron chi connectivity index (χ3n) is 3.29. The normalized spacial score (nSPS) is 17.6. The van der Waals surface area contributed by atoms with E-state index in [2.05, 4.69) is 16.0 Å². The Balaban J connectivity index is 2.20. The maximum atomic E-state index is 11.7. The van der Waals surface area contributed by atoms with Gasteiger partial charge in [-0.2, -0.15) is 0 Å². The van der Waals surface area contributed by atoms with Gasteiger partial charge < -0.3 is 20.7 Å². The summed E-state index contributed by atoms with van der Waals surface area (Å²) < 4.78 is 4.88. The Labute approximate surface area is 120 Å². The molecule has 0 radical (unpaired) electrons. The maximum absolute atomic E-state index is 11.7. The molecule has 6 heteroatoms. The number of nitrogens with one attached hydrogen (secondary N) is 3. The molecule has 5 nitrogen and oxygen atoms in total. The molecule has 0 aliphatic heterocycles. The SMILES string of the molecule is COCCNC(=O)C(C)NC(=S)NC1CCCCC1. The van der Waals surface area contributed by atoms with Crippen molar-refractivity contribution < 1.29 is 9.53 Å². The van der Waals surface area contributed by atoms with Gasteiger partial charge in [0.05, 0.1) is 6.61 Å². The van der Waals surface area contributed by atoms with Gasteiger partial charge in [-0.05, 0) is 32.0 Å². The molecule has 19 heavy (non-hydrogen) atoms. The van der Waals surface area contributed by atoms with E-state index in [0.29, 0.717) is 24.3 Å². The van der Waals surface area contributed by atoms with Crippen LogP contribution in [0.5, 0.6) is 0 Å². The number of amides is 1. The van der Waals surface area contributed by atoms with Crippen molar-refractivity contribution in [2.45, 2.75) is 51.1 Å². The molecule has 0 saturated heterocycles. The third kappa shape index (κ3) is 6.73. The third-order valence-corrected chi connectivity index (χ3v) is 3.52. The summed E-state index contributed by atoms with van der Waals surface area (Å²) in [7, 11) is 1.61. The van der Waals surface area contributed by atoms with Crippen LogP contribution in [0.25, 0.3) is 0 Å². The summed E-state index contributed by atoms with van der Waals surface area (Å²) in [6.07, 6.45) is 6.16. The predicted octanol–water partition coefficient (Wildman–Crippen LogP) is 0.934. The zero-order chi connectivity index (χ0) is 14.1. The molecule has 0 aromatic rings. The van der Waals surface area contributed by atoms with Crippen LogP contribution in [0.4, 0.5) is 0 Å². The molecule has 1 rings (SSSR count). The van der Waals surface area contributed by atoms with Crippen LogP contribution in [-0.4, -0.2) is 43.4 Å². The van der Waals surface area contributed by atoms with Crippen LogP contribution in [0.1, 0.15) is 39.0 Å². The van der Waals surface area contributed by atoms with E-state index >= 15 is 0 Å². The van der Waals surface area contributed by atoms with Crippen LogP contribution in [0.3, 0.4) is 0 Å². The highest BCUT2D eigenvalue weighted by Crippen LogP contribution is 2.17. The molecule has 0 aromatic carbocycles. The molecular formula is C13H25N3O2S. The molecule has 0 aromatic heterocycles. The second-order valence-electron chi connectivity index (χ2n) is 4.96. The van der Waals surface area contributed by atoms with Crippen molar-refractivity contribution in [2.75, 3.05) is 20.3 Å². The Bertz CT molecular complexity index is 294. The second kappa shape index (κ2) is 9.09. The van der Waals surface area contributed by atoms with E-state index in [1.807, 2.05) is 0 Å². The van der Waals surface area contributed by atoms with Crippen molar-refractivity contribution >= 4 is 23.2 Å². The van der Waals surface area contributed by atoms with Gasteiger partial charge in [0, 0.05) is 19.7 Å². The lowest BCUT2D eigenvalue weighted by atomic mass is 9.96. The zero-order valence-electron chi connectivity index (χ0n) is 11.8. The lowest BCUT2D eigenvalue weighted by molar-refractivity contribution is -0.122. The Morgan fingerprint density at radius 2 is 2.05 bits per heavy atom. The fourth-order valence-corrected chi connectivity index (χ4v) is 2.51. The van der Waals surface area contributed by atoms with Gasteiger partial charge in [-0.1, -0.05) is 19.3 Å². The topological polar surface area (TPSA) is 62.4 Å². The number of hydrogen-bond donors (Lipinski definition) is 3. The first-order valence-corrected chi connectivity index (χ1v) is 7.38. The van der Waals surface area contributed by atoms with E-state index in [4.69, 9.17) is 17.0 Å². The minimum absolute atomic E-state index is 0.0650. The van der Waals surface area contributed by atoms with E-state index in [1.54, 1.807) is 14.0 Å². The van der Waals surface area contributed by atoms with E-state index in [9.17, 15) is 4.79 Å². The van der Waals surface area contributed by atoms with Gasteiger partial charge in [-0.3, -0.25) is 4.79 Å². The van der Waals surface area contributed by atoms with Gasteiger partial charge in [0.25, 0.3) is 0 Å². The van der Waals surface area contributed by atoms with Gasteiger partial charge in [0.15, 0.2) is 5.11 Å². The molecule has 110 valence electrons. The van der Waals surface area contributed by atoms with Gasteiger partial charge in [-0.15, -0.1) is 0 Å². The highest BCUT2D eigenvalue weighted by atomic mass is 32.1. The first-order valence-electron chi connectivity index (χ1n) is 6.97. The number of rotatable bonds is 6. The molecule has 1 aliphatic rings. The van der Waals surface area contributed by atoms with Crippen molar-refractivity contribution in [3.63, 3.8) is 0 Å². The average molecular weight is 287 g/mol. The number of methoxy groups -OCH3 is 1. The first kappa shape index (κ1) is 16.2. The molecule has 1 saturated carbocycles. The average Bonchev–Trinajstić information content (AvgIpc) is 2.39. The smallest absolute Gasteiger partial charge is 0.242 e. The predicted molar refractivity (Wildman–Crippen MR) is 80.1 cm³/mol. The van der Waals surface area contributed by atoms with E-state index in [-0.39, 0.29) is 11.9 Å². The van der Waals surface area contributed by atoms with E-state index < -0.39 is 0 Å². The number of carbonyl (C=O) groups is 1. The summed E-state index contributed by atoms with van der Waals surface area (Å²) in [5.41, 5.74) is 0. The Morgan fingerprint density at radius 3 is 2.68 bits per heavy atom. The molecule has 1 fully saturated rings. The summed E-state index contributed by atoms with van der Waals surface area (Å²) in [6, 6.07) is 0.123. The van der Waals surface area contributed by atoms with Crippen LogP contribution in [-0.2, 0) is 9.53 Å². The number of hydrogen-bond acceptors (Lipinski definition) is 3. The summed E-state index contributed by atoms with van der Waals surface area (Å²) in [5, 5.41) is 9.66. The summed E-state index contributed by atoms with van der Waals surface area (Å²) in [6.45, 7) is 2.84. The number of ether oxygens (including phenoxy) is 1. The number of carbonyl (C=O) groups excluding carboxylic acids is 1. The fraction of sp³-hybridized carbons (Fsp3) is 0.846. The van der Waals surface area contributed by atoms with Crippen molar-refractivity contribution in [1.29, 1.82) is 0 Å². The van der Waals surface area contributed by atoms with Crippen LogP contribution < -0.4 is 16.0 Å². The standard InChI is InChI=1S/C13H25N3O2S/c1-10(12(17)14-8-9-18-2)15-13(19)16-11-6-4-3-5-7-11/h10-11H,3-9H2,1-2H3,(H,14,17)(H2,15,16,19). The van der Waals surface area contributed by atoms with Gasteiger partial charge >= 0.3 is 0 Å². The quantitative estimate of drug-likeness (QED) is 0.501. The van der Waals surface area contributed by atoms with Crippen LogP contribution >= 0.6 is 12.2 Å². The Kier molecular flexibility index (Phi) is 7.74. The van der Waals surface area contributed by atoms with Crippen LogP contribution in [0.2, 0.25) is 0 Å². The summed E-state index contributed by atoms with van der Waals surface area (Å²) in [4.78, 5) is 11.7. The van der Waals surface area contributed by atoms with Crippen LogP contribution in [0.15, 0.2) is 0 Å². The maximum Gasteiger partial charge on any atom is 0.242 e. The fourth-order valence-electron chi connectivity index (χ4n) is 2.17.